The van der Waals surface area contributed by atoms with Crippen molar-refractivity contribution in [3.05, 3.63) is 63.6 Å². The Morgan fingerprint density at radius 1 is 1.04 bits per heavy atom. The van der Waals surface area contributed by atoms with Crippen LogP contribution in [0.2, 0.25) is 0 Å². The fraction of sp³-hybridized carbons (Fsp3) is 0.409. The first-order chi connectivity index (χ1) is 12.7. The average Bonchev–Trinajstić information content (AvgIpc) is 3.11. The molecule has 0 atom stereocenters. The quantitative estimate of drug-likeness (QED) is 0.749. The maximum absolute atomic E-state index is 9.19. The van der Waals surface area contributed by atoms with E-state index in [0.29, 0.717) is 6.04 Å². The molecule has 26 heavy (non-hydrogen) atoms. The summed E-state index contributed by atoms with van der Waals surface area (Å²) >= 11 is 3.50. The van der Waals surface area contributed by atoms with Gasteiger partial charge < -0.3 is 9.80 Å². The van der Waals surface area contributed by atoms with Crippen molar-refractivity contribution < 1.29 is 0 Å². The Labute approximate surface area is 164 Å². The highest BCUT2D eigenvalue weighted by Crippen LogP contribution is 2.33. The fourth-order valence-electron chi connectivity index (χ4n) is 4.25. The van der Waals surface area contributed by atoms with E-state index in [4.69, 9.17) is 0 Å². The van der Waals surface area contributed by atoms with Crippen molar-refractivity contribution in [1.82, 2.24) is 4.90 Å². The number of hydrogen-bond acceptors (Lipinski definition) is 3. The Bertz CT molecular complexity index is 801. The van der Waals surface area contributed by atoms with E-state index in [1.165, 1.54) is 42.7 Å². The van der Waals surface area contributed by atoms with Gasteiger partial charge in [-0.2, -0.15) is 5.26 Å². The molecule has 0 spiro atoms. The van der Waals surface area contributed by atoms with Crippen molar-refractivity contribution in [3.8, 4) is 6.07 Å². The molecular formula is C22H24BrN3. The molecule has 0 aliphatic carbocycles. The molecule has 2 heterocycles. The lowest BCUT2D eigenvalue weighted by Crippen LogP contribution is -2.45. The van der Waals surface area contributed by atoms with Crippen LogP contribution in [0.5, 0.6) is 0 Å². The standard InChI is InChI=1S/C22H24BrN3/c23-20-5-2-17(3-6-20)7-11-25-12-9-21(10-13-25)26-14-8-19-4-1-18(16-24)15-22(19)26/h1-6,15,21H,7-14H2. The van der Waals surface area contributed by atoms with E-state index in [0.717, 1.165) is 36.0 Å². The van der Waals surface area contributed by atoms with E-state index in [2.05, 4.69) is 68.2 Å². The van der Waals surface area contributed by atoms with Gasteiger partial charge in [0.2, 0.25) is 0 Å². The third-order valence-corrected chi connectivity index (χ3v) is 6.30. The van der Waals surface area contributed by atoms with Crippen molar-refractivity contribution in [2.45, 2.75) is 31.7 Å². The van der Waals surface area contributed by atoms with Crippen LogP contribution in [0.4, 0.5) is 5.69 Å². The van der Waals surface area contributed by atoms with Gasteiger partial charge in [0, 0.05) is 42.4 Å². The Morgan fingerprint density at radius 3 is 2.54 bits per heavy atom. The molecule has 0 aromatic heterocycles. The summed E-state index contributed by atoms with van der Waals surface area (Å²) in [6, 6.07) is 17.8. The number of piperidine rings is 1. The maximum Gasteiger partial charge on any atom is 0.0992 e. The molecule has 0 bridgehead atoms. The molecule has 2 aromatic carbocycles. The highest BCUT2D eigenvalue weighted by Gasteiger charge is 2.29. The molecule has 0 unspecified atom stereocenters. The number of halogens is 1. The summed E-state index contributed by atoms with van der Waals surface area (Å²) < 4.78 is 1.15. The van der Waals surface area contributed by atoms with Crippen LogP contribution >= 0.6 is 15.9 Å². The van der Waals surface area contributed by atoms with Crippen LogP contribution in [0.1, 0.15) is 29.5 Å². The van der Waals surface area contributed by atoms with Crippen molar-refractivity contribution >= 4 is 21.6 Å². The van der Waals surface area contributed by atoms with Gasteiger partial charge in [-0.1, -0.05) is 34.1 Å². The molecule has 3 nitrogen and oxygen atoms in total. The molecule has 0 amide bonds. The summed E-state index contributed by atoms with van der Waals surface area (Å²) in [7, 11) is 0. The van der Waals surface area contributed by atoms with E-state index >= 15 is 0 Å². The molecule has 4 heteroatoms. The first-order valence-electron chi connectivity index (χ1n) is 9.49. The number of nitrogens with zero attached hydrogens (tertiary/aromatic N) is 3. The number of nitriles is 1. The van der Waals surface area contributed by atoms with Crippen molar-refractivity contribution in [1.29, 1.82) is 5.26 Å². The van der Waals surface area contributed by atoms with Crippen LogP contribution in [0.3, 0.4) is 0 Å². The lowest BCUT2D eigenvalue weighted by Gasteiger charge is -2.38. The van der Waals surface area contributed by atoms with Crippen LogP contribution in [0.25, 0.3) is 0 Å². The Morgan fingerprint density at radius 2 is 1.81 bits per heavy atom. The lowest BCUT2D eigenvalue weighted by atomic mass is 10.0. The first-order valence-corrected chi connectivity index (χ1v) is 10.3. The fourth-order valence-corrected chi connectivity index (χ4v) is 4.51. The molecule has 1 fully saturated rings. The van der Waals surface area contributed by atoms with Gasteiger partial charge in [0.1, 0.15) is 0 Å². The van der Waals surface area contributed by atoms with Gasteiger partial charge in [-0.05, 0) is 61.1 Å². The van der Waals surface area contributed by atoms with E-state index in [9.17, 15) is 5.26 Å². The Hall–Kier alpha value is -1.83. The Kier molecular flexibility index (Phi) is 5.28. The third-order valence-electron chi connectivity index (χ3n) is 5.77. The highest BCUT2D eigenvalue weighted by molar-refractivity contribution is 9.10. The molecule has 4 rings (SSSR count). The number of hydrogen-bond donors (Lipinski definition) is 0. The topological polar surface area (TPSA) is 30.3 Å². The lowest BCUT2D eigenvalue weighted by molar-refractivity contribution is 0.212. The van der Waals surface area contributed by atoms with E-state index in [1.54, 1.807) is 0 Å². The summed E-state index contributed by atoms with van der Waals surface area (Å²) in [6.45, 7) is 4.59. The van der Waals surface area contributed by atoms with Gasteiger partial charge in [0.15, 0.2) is 0 Å². The molecular weight excluding hydrogens is 386 g/mol. The van der Waals surface area contributed by atoms with E-state index < -0.39 is 0 Å². The number of anilines is 1. The number of likely N-dealkylation sites (tertiary alicyclic amines) is 1. The number of rotatable bonds is 4. The van der Waals surface area contributed by atoms with Crippen molar-refractivity contribution in [2.75, 3.05) is 31.1 Å². The molecule has 134 valence electrons. The SMILES string of the molecule is N#Cc1ccc2c(c1)N(C1CCN(CCc3ccc(Br)cc3)CC1)CC2. The van der Waals surface area contributed by atoms with Gasteiger partial charge in [-0.3, -0.25) is 0 Å². The largest absolute Gasteiger partial charge is 0.368 e. The summed E-state index contributed by atoms with van der Waals surface area (Å²) in [5.74, 6) is 0. The monoisotopic (exact) mass is 409 g/mol. The minimum atomic E-state index is 0.620. The van der Waals surface area contributed by atoms with Crippen LogP contribution in [0, 0.1) is 11.3 Å². The summed E-state index contributed by atoms with van der Waals surface area (Å²) in [5, 5.41) is 9.19. The van der Waals surface area contributed by atoms with Crippen LogP contribution < -0.4 is 4.90 Å². The number of fused-ring (bicyclic) bond motifs is 1. The molecule has 0 radical (unpaired) electrons. The zero-order valence-corrected chi connectivity index (χ0v) is 16.6. The smallest absolute Gasteiger partial charge is 0.0992 e. The molecule has 1 saturated heterocycles. The average molecular weight is 410 g/mol. The van der Waals surface area contributed by atoms with Gasteiger partial charge in [0.25, 0.3) is 0 Å². The van der Waals surface area contributed by atoms with Gasteiger partial charge in [-0.15, -0.1) is 0 Å². The second-order valence-electron chi connectivity index (χ2n) is 7.35. The van der Waals surface area contributed by atoms with Gasteiger partial charge in [-0.25, -0.2) is 0 Å². The highest BCUT2D eigenvalue weighted by atomic mass is 79.9. The molecule has 2 aliphatic rings. The second-order valence-corrected chi connectivity index (χ2v) is 8.26. The normalized spacial score (nSPS) is 17.9. The minimum absolute atomic E-state index is 0.620. The predicted octanol–water partition coefficient (Wildman–Crippen LogP) is 4.39. The van der Waals surface area contributed by atoms with Crippen molar-refractivity contribution in [3.63, 3.8) is 0 Å². The summed E-state index contributed by atoms with van der Waals surface area (Å²) in [6.07, 6.45) is 4.67. The van der Waals surface area contributed by atoms with Crippen LogP contribution in [-0.2, 0) is 12.8 Å². The van der Waals surface area contributed by atoms with Gasteiger partial charge >= 0.3 is 0 Å². The summed E-state index contributed by atoms with van der Waals surface area (Å²) in [5.41, 5.74) is 4.90. The Balaban J connectivity index is 1.32. The van der Waals surface area contributed by atoms with Crippen LogP contribution in [-0.4, -0.2) is 37.1 Å². The molecule has 2 aromatic rings. The zero-order chi connectivity index (χ0) is 17.9. The minimum Gasteiger partial charge on any atom is -0.368 e. The maximum atomic E-state index is 9.19. The number of benzene rings is 2. The molecule has 0 saturated carbocycles. The third kappa shape index (κ3) is 3.79. The molecule has 0 N–H and O–H groups in total. The first kappa shape index (κ1) is 17.6. The second kappa shape index (κ2) is 7.82. The predicted molar refractivity (Wildman–Crippen MR) is 110 cm³/mol. The van der Waals surface area contributed by atoms with Gasteiger partial charge in [0.05, 0.1) is 11.6 Å². The zero-order valence-electron chi connectivity index (χ0n) is 15.0. The van der Waals surface area contributed by atoms with Crippen molar-refractivity contribution in [2.24, 2.45) is 0 Å². The molecule has 2 aliphatic heterocycles. The summed E-state index contributed by atoms with van der Waals surface area (Å²) in [4.78, 5) is 5.16. The van der Waals surface area contributed by atoms with E-state index in [-0.39, 0.29) is 0 Å². The van der Waals surface area contributed by atoms with Crippen LogP contribution in [0.15, 0.2) is 46.9 Å². The van der Waals surface area contributed by atoms with E-state index in [1.807, 2.05) is 6.07 Å².